The standard InChI is InChI=1S/C28H24N8O2/c29-32-17-35(30)13-12-34-15-21(19-7-1-3-9-23(19)34)25-26(28(38)33-27(25)37)22-16-36(18-6-5-11-31-14-18)24-10-4-2-8-20(22)24/h1-11,14-17H,12-13,29-30H2,(H,33,37,38)/b32-17-. The van der Waals surface area contributed by atoms with Gasteiger partial charge in [-0.25, -0.2) is 5.84 Å². The van der Waals surface area contributed by atoms with Gasteiger partial charge in [0, 0.05) is 52.6 Å². The smallest absolute Gasteiger partial charge is 0.259 e. The average molecular weight is 505 g/mol. The number of rotatable bonds is 7. The maximum Gasteiger partial charge on any atom is 0.259 e. The zero-order valence-electron chi connectivity index (χ0n) is 20.3. The highest BCUT2D eigenvalue weighted by atomic mass is 16.2. The topological polar surface area (TPSA) is 137 Å². The SMILES string of the molecule is N/N=C\N(N)CCn1cc(C2=C(c3cn(-c4cccnc4)c4ccccc34)C(=O)NC2=O)c2ccccc21. The monoisotopic (exact) mass is 504 g/mol. The van der Waals surface area contributed by atoms with Gasteiger partial charge in [0.05, 0.1) is 35.1 Å². The molecule has 1 aliphatic rings. The summed E-state index contributed by atoms with van der Waals surface area (Å²) in [7, 11) is 0. The molecule has 3 aromatic heterocycles. The van der Waals surface area contributed by atoms with Crippen molar-refractivity contribution in [2.24, 2.45) is 16.8 Å². The molecule has 10 nitrogen and oxygen atoms in total. The van der Waals surface area contributed by atoms with Gasteiger partial charge in [0.1, 0.15) is 6.34 Å². The fourth-order valence-electron chi connectivity index (χ4n) is 5.06. The lowest BCUT2D eigenvalue weighted by Gasteiger charge is -2.13. The van der Waals surface area contributed by atoms with Gasteiger partial charge in [-0.2, -0.15) is 5.10 Å². The molecule has 0 radical (unpaired) electrons. The molecule has 0 saturated heterocycles. The van der Waals surface area contributed by atoms with Crippen LogP contribution in [-0.2, 0) is 16.1 Å². The van der Waals surface area contributed by atoms with Crippen molar-refractivity contribution in [3.05, 3.63) is 96.6 Å². The Bertz CT molecular complexity index is 1760. The minimum atomic E-state index is -0.429. The number of hydrogen-bond donors (Lipinski definition) is 3. The van der Waals surface area contributed by atoms with Crippen LogP contribution in [0.4, 0.5) is 0 Å². The van der Waals surface area contributed by atoms with Crippen LogP contribution in [0.5, 0.6) is 0 Å². The van der Waals surface area contributed by atoms with E-state index in [4.69, 9.17) is 11.7 Å². The van der Waals surface area contributed by atoms with Gasteiger partial charge in [-0.3, -0.25) is 24.9 Å². The zero-order valence-corrected chi connectivity index (χ0v) is 20.3. The molecule has 0 fully saturated rings. The van der Waals surface area contributed by atoms with Crippen LogP contribution in [0.2, 0.25) is 0 Å². The number of fused-ring (bicyclic) bond motifs is 2. The van der Waals surface area contributed by atoms with E-state index in [1.165, 1.54) is 11.3 Å². The van der Waals surface area contributed by atoms with Crippen molar-refractivity contribution in [3.8, 4) is 5.69 Å². The van der Waals surface area contributed by atoms with E-state index >= 15 is 0 Å². The normalized spacial score (nSPS) is 13.8. The summed E-state index contributed by atoms with van der Waals surface area (Å²) in [6.07, 6.45) is 8.60. The number of para-hydroxylation sites is 2. The molecule has 6 rings (SSSR count). The van der Waals surface area contributed by atoms with Gasteiger partial charge in [0.2, 0.25) is 0 Å². The van der Waals surface area contributed by atoms with Crippen LogP contribution < -0.4 is 17.0 Å². The lowest BCUT2D eigenvalue weighted by atomic mass is 9.95. The molecule has 10 heteroatoms. The first kappa shape index (κ1) is 23.2. The maximum atomic E-state index is 13.3. The first-order valence-corrected chi connectivity index (χ1v) is 12.0. The summed E-state index contributed by atoms with van der Waals surface area (Å²) in [4.78, 5) is 30.9. The minimum absolute atomic E-state index is 0.340. The fourth-order valence-corrected chi connectivity index (χ4v) is 5.06. The zero-order chi connectivity index (χ0) is 26.2. The summed E-state index contributed by atoms with van der Waals surface area (Å²) in [5.41, 5.74) is 4.70. The van der Waals surface area contributed by atoms with E-state index in [2.05, 4.69) is 15.4 Å². The number of benzene rings is 2. The minimum Gasteiger partial charge on any atom is -0.345 e. The molecule has 0 unspecified atom stereocenters. The summed E-state index contributed by atoms with van der Waals surface area (Å²) in [5.74, 6) is 10.3. The molecule has 4 heterocycles. The summed E-state index contributed by atoms with van der Waals surface area (Å²) in [6.45, 7) is 0.954. The van der Waals surface area contributed by atoms with Crippen LogP contribution in [-0.4, -0.2) is 43.8 Å². The van der Waals surface area contributed by atoms with Crippen LogP contribution in [0.15, 0.2) is 90.6 Å². The van der Waals surface area contributed by atoms with Crippen LogP contribution >= 0.6 is 0 Å². The third-order valence-electron chi connectivity index (χ3n) is 6.71. The van der Waals surface area contributed by atoms with E-state index in [0.717, 1.165) is 27.5 Å². The number of aromatic nitrogens is 3. The number of hydrogen-bond acceptors (Lipinski definition) is 6. The summed E-state index contributed by atoms with van der Waals surface area (Å²) >= 11 is 0. The number of nitrogens with one attached hydrogen (secondary N) is 1. The highest BCUT2D eigenvalue weighted by Crippen LogP contribution is 2.39. The van der Waals surface area contributed by atoms with E-state index in [0.29, 0.717) is 35.4 Å². The largest absolute Gasteiger partial charge is 0.345 e. The lowest BCUT2D eigenvalue weighted by molar-refractivity contribution is -0.122. The van der Waals surface area contributed by atoms with E-state index in [1.807, 2.05) is 82.2 Å². The average Bonchev–Trinajstić information content (AvgIpc) is 3.58. The van der Waals surface area contributed by atoms with Gasteiger partial charge in [-0.15, -0.1) is 0 Å². The Labute approximate surface area is 217 Å². The Balaban J connectivity index is 1.56. The number of nitrogens with zero attached hydrogens (tertiary/aromatic N) is 5. The number of carbonyl (C=O) groups is 2. The van der Waals surface area contributed by atoms with Crippen LogP contribution in [0.1, 0.15) is 11.1 Å². The number of carbonyl (C=O) groups excluding carboxylic acids is 2. The van der Waals surface area contributed by atoms with Crippen molar-refractivity contribution in [1.29, 1.82) is 0 Å². The number of imide groups is 1. The van der Waals surface area contributed by atoms with Crippen LogP contribution in [0.3, 0.4) is 0 Å². The summed E-state index contributed by atoms with van der Waals surface area (Å²) in [6, 6.07) is 19.4. The van der Waals surface area contributed by atoms with E-state index in [1.54, 1.807) is 12.4 Å². The first-order valence-electron chi connectivity index (χ1n) is 12.0. The van der Waals surface area contributed by atoms with Crippen molar-refractivity contribution in [2.75, 3.05) is 6.54 Å². The molecular formula is C28H24N8O2. The number of hydrazone groups is 1. The summed E-state index contributed by atoms with van der Waals surface area (Å²) in [5, 5.41) is 9.08. The second-order valence-corrected chi connectivity index (χ2v) is 8.93. The molecule has 0 aliphatic carbocycles. The molecule has 0 saturated carbocycles. The second kappa shape index (κ2) is 9.34. The van der Waals surface area contributed by atoms with Crippen LogP contribution in [0.25, 0.3) is 38.6 Å². The van der Waals surface area contributed by atoms with Gasteiger partial charge < -0.3 is 15.0 Å². The molecule has 5 aromatic rings. The highest BCUT2D eigenvalue weighted by molar-refractivity contribution is 6.50. The predicted octanol–water partition coefficient (Wildman–Crippen LogP) is 2.63. The third kappa shape index (κ3) is 3.80. The Hall–Kier alpha value is -5.22. The van der Waals surface area contributed by atoms with Gasteiger partial charge in [0.15, 0.2) is 0 Å². The molecule has 2 aromatic carbocycles. The number of pyridine rings is 1. The second-order valence-electron chi connectivity index (χ2n) is 8.93. The van der Waals surface area contributed by atoms with Gasteiger partial charge in [-0.1, -0.05) is 36.4 Å². The van der Waals surface area contributed by atoms with E-state index in [-0.39, 0.29) is 0 Å². The number of amides is 2. The van der Waals surface area contributed by atoms with Crippen LogP contribution in [0, 0.1) is 0 Å². The molecule has 38 heavy (non-hydrogen) atoms. The maximum absolute atomic E-state index is 13.3. The van der Waals surface area contributed by atoms with Crippen molar-refractivity contribution >= 4 is 51.1 Å². The third-order valence-corrected chi connectivity index (χ3v) is 6.71. The first-order chi connectivity index (χ1) is 18.6. The van der Waals surface area contributed by atoms with E-state index < -0.39 is 11.8 Å². The Morgan fingerprint density at radius 2 is 1.55 bits per heavy atom. The summed E-state index contributed by atoms with van der Waals surface area (Å²) < 4.78 is 3.99. The number of hydrazine groups is 1. The molecule has 0 atom stereocenters. The van der Waals surface area contributed by atoms with Gasteiger partial charge in [0.25, 0.3) is 11.8 Å². The van der Waals surface area contributed by atoms with E-state index in [9.17, 15) is 9.59 Å². The molecule has 0 spiro atoms. The Kier molecular flexibility index (Phi) is 5.70. The highest BCUT2D eigenvalue weighted by Gasteiger charge is 2.35. The van der Waals surface area contributed by atoms with Crippen molar-refractivity contribution < 1.29 is 9.59 Å². The molecule has 2 amide bonds. The molecule has 0 bridgehead atoms. The molecule has 5 N–H and O–H groups in total. The van der Waals surface area contributed by atoms with Crippen molar-refractivity contribution in [3.63, 3.8) is 0 Å². The predicted molar refractivity (Wildman–Crippen MR) is 147 cm³/mol. The van der Waals surface area contributed by atoms with Gasteiger partial charge in [-0.05, 0) is 24.3 Å². The fraction of sp³-hybridized carbons (Fsp3) is 0.0714. The van der Waals surface area contributed by atoms with Crippen molar-refractivity contribution in [1.82, 2.24) is 24.4 Å². The number of nitrogens with two attached hydrogens (primary N) is 2. The van der Waals surface area contributed by atoms with Crippen molar-refractivity contribution in [2.45, 2.75) is 6.54 Å². The Morgan fingerprint density at radius 3 is 2.24 bits per heavy atom. The van der Waals surface area contributed by atoms with Gasteiger partial charge >= 0.3 is 0 Å². The molecule has 1 aliphatic heterocycles. The Morgan fingerprint density at radius 1 is 0.895 bits per heavy atom. The lowest BCUT2D eigenvalue weighted by Crippen LogP contribution is -2.33. The molecular weight excluding hydrogens is 480 g/mol. The quantitative estimate of drug-likeness (QED) is 0.102. The molecule has 188 valence electrons.